The zero-order chi connectivity index (χ0) is 20.4. The first-order valence-corrected chi connectivity index (χ1v) is 8.86. The lowest BCUT2D eigenvalue weighted by Gasteiger charge is -2.18. The van der Waals surface area contributed by atoms with Crippen LogP contribution in [-0.2, 0) is 32.1 Å². The van der Waals surface area contributed by atoms with Crippen molar-refractivity contribution in [2.24, 2.45) is 0 Å². The van der Waals surface area contributed by atoms with Crippen molar-refractivity contribution in [1.29, 1.82) is 0 Å². The second-order valence-electron chi connectivity index (χ2n) is 6.19. The number of carbonyl (C=O) groups excluding carboxylic acids is 3. The van der Waals surface area contributed by atoms with E-state index in [0.717, 1.165) is 16.7 Å². The van der Waals surface area contributed by atoms with Gasteiger partial charge >= 0.3 is 12.1 Å². The van der Waals surface area contributed by atoms with Gasteiger partial charge in [-0.15, -0.1) is 0 Å². The van der Waals surface area contributed by atoms with Gasteiger partial charge in [0, 0.05) is 6.42 Å². The topological polar surface area (TPSA) is 93.7 Å². The number of alkyl carbamates (subject to hydrolysis) is 1. The van der Waals surface area contributed by atoms with Gasteiger partial charge in [-0.2, -0.15) is 0 Å². The molecule has 1 atom stereocenters. The Labute approximate surface area is 164 Å². The molecule has 2 aromatic carbocycles. The minimum atomic E-state index is -0.847. The normalized spacial score (nSPS) is 11.2. The van der Waals surface area contributed by atoms with Crippen molar-refractivity contribution in [2.75, 3.05) is 13.7 Å². The number of hydrogen-bond acceptors (Lipinski definition) is 5. The van der Waals surface area contributed by atoms with Gasteiger partial charge in [-0.25, -0.2) is 9.59 Å². The van der Waals surface area contributed by atoms with Crippen molar-refractivity contribution < 1.29 is 23.9 Å². The molecule has 2 aromatic rings. The van der Waals surface area contributed by atoms with E-state index in [1.165, 1.54) is 7.11 Å². The minimum Gasteiger partial charge on any atom is -0.467 e. The summed E-state index contributed by atoms with van der Waals surface area (Å²) in [6.45, 7) is 1.72. The highest BCUT2D eigenvalue weighted by molar-refractivity contribution is 5.87. The van der Waals surface area contributed by atoms with Gasteiger partial charge < -0.3 is 20.1 Å². The lowest BCUT2D eigenvalue weighted by molar-refractivity contribution is -0.144. The van der Waals surface area contributed by atoms with Crippen LogP contribution in [-0.4, -0.2) is 37.7 Å². The van der Waals surface area contributed by atoms with E-state index in [9.17, 15) is 14.4 Å². The Bertz CT molecular complexity index is 807. The molecule has 28 heavy (non-hydrogen) atoms. The number of methoxy groups -OCH3 is 1. The molecule has 0 fully saturated rings. The fourth-order valence-corrected chi connectivity index (χ4v) is 2.57. The largest absolute Gasteiger partial charge is 0.467 e. The molecule has 0 radical (unpaired) electrons. The lowest BCUT2D eigenvalue weighted by atomic mass is 10.0. The van der Waals surface area contributed by atoms with Crippen LogP contribution >= 0.6 is 0 Å². The molecule has 0 aromatic heterocycles. The monoisotopic (exact) mass is 384 g/mol. The number of carbonyl (C=O) groups is 3. The maximum atomic E-state index is 12.1. The van der Waals surface area contributed by atoms with E-state index in [-0.39, 0.29) is 13.2 Å². The Morgan fingerprint density at radius 1 is 1.00 bits per heavy atom. The van der Waals surface area contributed by atoms with Crippen LogP contribution < -0.4 is 10.6 Å². The fraction of sp³-hybridized carbons (Fsp3) is 0.286. The van der Waals surface area contributed by atoms with Gasteiger partial charge in [0.25, 0.3) is 0 Å². The van der Waals surface area contributed by atoms with Gasteiger partial charge in [-0.05, 0) is 23.6 Å². The van der Waals surface area contributed by atoms with Crippen molar-refractivity contribution in [3.05, 3.63) is 71.3 Å². The number of rotatable bonds is 8. The van der Waals surface area contributed by atoms with Crippen molar-refractivity contribution in [3.63, 3.8) is 0 Å². The number of ether oxygens (including phenoxy) is 2. The lowest BCUT2D eigenvalue weighted by Crippen LogP contribution is -2.47. The van der Waals surface area contributed by atoms with E-state index < -0.39 is 24.0 Å². The van der Waals surface area contributed by atoms with Gasteiger partial charge in [0.15, 0.2) is 0 Å². The first-order chi connectivity index (χ1) is 13.5. The quantitative estimate of drug-likeness (QED) is 0.680. The molecule has 7 nitrogen and oxygen atoms in total. The summed E-state index contributed by atoms with van der Waals surface area (Å²) in [5, 5.41) is 4.95. The summed E-state index contributed by atoms with van der Waals surface area (Å²) in [6.07, 6.45) is -0.420. The molecule has 0 spiro atoms. The average molecular weight is 384 g/mol. The van der Waals surface area contributed by atoms with Gasteiger partial charge in [0.05, 0.1) is 7.11 Å². The molecule has 148 valence electrons. The zero-order valence-corrected chi connectivity index (χ0v) is 15.9. The van der Waals surface area contributed by atoms with Crippen LogP contribution in [0.25, 0.3) is 0 Å². The van der Waals surface area contributed by atoms with Crippen molar-refractivity contribution in [1.82, 2.24) is 10.6 Å². The second-order valence-corrected chi connectivity index (χ2v) is 6.19. The standard InChI is InChI=1S/C21H24N2O5/c1-15-8-6-7-11-17(15)12-18(20(25)27-2)23-19(24)13-22-21(26)28-14-16-9-4-3-5-10-16/h3-11,18H,12-14H2,1-2H3,(H,22,26)(H,23,24)/t18-/m1/s1. The van der Waals surface area contributed by atoms with E-state index in [0.29, 0.717) is 6.42 Å². The second kappa shape index (κ2) is 10.7. The number of nitrogens with one attached hydrogen (secondary N) is 2. The van der Waals surface area contributed by atoms with Crippen LogP contribution in [0.15, 0.2) is 54.6 Å². The third-order valence-corrected chi connectivity index (χ3v) is 4.11. The summed E-state index contributed by atoms with van der Waals surface area (Å²) in [5.74, 6) is -1.07. The van der Waals surface area contributed by atoms with E-state index in [1.807, 2.05) is 61.5 Å². The Morgan fingerprint density at radius 2 is 1.68 bits per heavy atom. The minimum absolute atomic E-state index is 0.104. The van der Waals surface area contributed by atoms with E-state index >= 15 is 0 Å². The van der Waals surface area contributed by atoms with Crippen molar-refractivity contribution >= 4 is 18.0 Å². The predicted octanol–water partition coefficient (Wildman–Crippen LogP) is 2.12. The van der Waals surface area contributed by atoms with Crippen molar-refractivity contribution in [2.45, 2.75) is 26.0 Å². The number of benzene rings is 2. The summed E-state index contributed by atoms with van der Waals surface area (Å²) in [5.41, 5.74) is 2.77. The average Bonchev–Trinajstić information content (AvgIpc) is 2.72. The molecule has 0 bridgehead atoms. The van der Waals surface area contributed by atoms with Gasteiger partial charge in [-0.1, -0.05) is 54.6 Å². The molecule has 2 amide bonds. The molecule has 7 heteroatoms. The summed E-state index contributed by atoms with van der Waals surface area (Å²) in [4.78, 5) is 35.9. The Kier molecular flexibility index (Phi) is 8.02. The maximum absolute atomic E-state index is 12.1. The Morgan fingerprint density at radius 3 is 2.36 bits per heavy atom. The molecule has 0 aliphatic rings. The molecule has 0 saturated heterocycles. The molecule has 2 N–H and O–H groups in total. The van der Waals surface area contributed by atoms with E-state index in [4.69, 9.17) is 9.47 Å². The fourth-order valence-electron chi connectivity index (χ4n) is 2.57. The first kappa shape index (κ1) is 21.0. The number of amides is 2. The molecule has 0 aliphatic carbocycles. The van der Waals surface area contributed by atoms with Crippen LogP contribution in [0, 0.1) is 6.92 Å². The maximum Gasteiger partial charge on any atom is 0.407 e. The summed E-state index contributed by atoms with van der Waals surface area (Å²) in [7, 11) is 1.26. The highest BCUT2D eigenvalue weighted by Gasteiger charge is 2.22. The predicted molar refractivity (Wildman–Crippen MR) is 103 cm³/mol. The first-order valence-electron chi connectivity index (χ1n) is 8.86. The SMILES string of the molecule is COC(=O)[C@@H](Cc1ccccc1C)NC(=O)CNC(=O)OCc1ccccc1. The van der Waals surface area contributed by atoms with Crippen LogP contribution in [0.3, 0.4) is 0 Å². The summed E-state index contributed by atoms with van der Waals surface area (Å²) < 4.78 is 9.81. The number of aryl methyl sites for hydroxylation is 1. The van der Waals surface area contributed by atoms with Crippen LogP contribution in [0.1, 0.15) is 16.7 Å². The molecular formula is C21H24N2O5. The third-order valence-electron chi connectivity index (χ3n) is 4.11. The highest BCUT2D eigenvalue weighted by Crippen LogP contribution is 2.10. The van der Waals surface area contributed by atoms with Crippen LogP contribution in [0.5, 0.6) is 0 Å². The Hall–Kier alpha value is -3.35. The molecule has 2 rings (SSSR count). The molecule has 0 heterocycles. The van der Waals surface area contributed by atoms with Gasteiger partial charge in [0.1, 0.15) is 19.2 Å². The zero-order valence-electron chi connectivity index (χ0n) is 15.9. The van der Waals surface area contributed by atoms with Gasteiger partial charge in [-0.3, -0.25) is 4.79 Å². The van der Waals surface area contributed by atoms with E-state index in [2.05, 4.69) is 10.6 Å². The summed E-state index contributed by atoms with van der Waals surface area (Å²) in [6, 6.07) is 15.9. The molecule has 0 saturated carbocycles. The van der Waals surface area contributed by atoms with Gasteiger partial charge in [0.2, 0.25) is 5.91 Å². The molecule has 0 aliphatic heterocycles. The Balaban J connectivity index is 1.83. The summed E-state index contributed by atoms with van der Waals surface area (Å²) >= 11 is 0. The molecular weight excluding hydrogens is 360 g/mol. The highest BCUT2D eigenvalue weighted by atomic mass is 16.5. The third kappa shape index (κ3) is 6.75. The van der Waals surface area contributed by atoms with Crippen LogP contribution in [0.2, 0.25) is 0 Å². The van der Waals surface area contributed by atoms with Crippen molar-refractivity contribution in [3.8, 4) is 0 Å². The molecule has 0 unspecified atom stereocenters. The number of hydrogen-bond donors (Lipinski definition) is 2. The smallest absolute Gasteiger partial charge is 0.407 e. The van der Waals surface area contributed by atoms with E-state index in [1.54, 1.807) is 0 Å². The number of esters is 1. The van der Waals surface area contributed by atoms with Crippen LogP contribution in [0.4, 0.5) is 4.79 Å².